The number of hydrogen-bond acceptors (Lipinski definition) is 4. The molecule has 0 aromatic heterocycles. The Labute approximate surface area is 131 Å². The van der Waals surface area contributed by atoms with Gasteiger partial charge in [0.2, 0.25) is 10.0 Å². The maximum atomic E-state index is 12.6. The van der Waals surface area contributed by atoms with Crippen molar-refractivity contribution in [3.05, 3.63) is 30.3 Å². The maximum absolute atomic E-state index is 12.6. The average molecular weight is 326 g/mol. The molecule has 1 fully saturated rings. The van der Waals surface area contributed by atoms with Crippen molar-refractivity contribution in [2.45, 2.75) is 19.4 Å². The van der Waals surface area contributed by atoms with Gasteiger partial charge in [-0.2, -0.15) is 4.31 Å². The van der Waals surface area contributed by atoms with E-state index in [0.717, 1.165) is 0 Å². The number of hydrogen-bond donors (Lipinski definition) is 0. The molecule has 0 atom stereocenters. The van der Waals surface area contributed by atoms with Crippen molar-refractivity contribution >= 4 is 15.9 Å². The number of para-hydroxylation sites is 1. The summed E-state index contributed by atoms with van der Waals surface area (Å²) in [4.78, 5) is 14.3. The van der Waals surface area contributed by atoms with Crippen molar-refractivity contribution in [3.63, 3.8) is 0 Å². The van der Waals surface area contributed by atoms with E-state index in [0.29, 0.717) is 31.9 Å². The van der Waals surface area contributed by atoms with Crippen LogP contribution in [0.2, 0.25) is 0 Å². The molecule has 1 saturated heterocycles. The van der Waals surface area contributed by atoms with Gasteiger partial charge in [0.1, 0.15) is 5.75 Å². The zero-order chi connectivity index (χ0) is 16.4. The van der Waals surface area contributed by atoms with Crippen LogP contribution in [0.5, 0.6) is 5.75 Å². The van der Waals surface area contributed by atoms with Crippen LogP contribution in [0.25, 0.3) is 0 Å². The van der Waals surface area contributed by atoms with Gasteiger partial charge in [0, 0.05) is 26.2 Å². The SMILES string of the molecule is CC(C)(Oc1ccccc1)C(=O)N1CCN(S(C)(=O)=O)CC1. The second-order valence-electron chi connectivity index (χ2n) is 5.88. The Bertz CT molecular complexity index is 620. The van der Waals surface area contributed by atoms with Crippen LogP contribution in [-0.4, -0.2) is 61.6 Å². The van der Waals surface area contributed by atoms with Crippen LogP contribution in [0, 0.1) is 0 Å². The molecule has 0 N–H and O–H groups in total. The molecule has 0 spiro atoms. The molecule has 0 saturated carbocycles. The number of carbonyl (C=O) groups is 1. The van der Waals surface area contributed by atoms with Crippen molar-refractivity contribution in [2.24, 2.45) is 0 Å². The van der Waals surface area contributed by atoms with Crippen LogP contribution >= 0.6 is 0 Å². The molecule has 6 nitrogen and oxygen atoms in total. The fourth-order valence-corrected chi connectivity index (χ4v) is 3.26. The molecular formula is C15H22N2O4S. The van der Waals surface area contributed by atoms with E-state index in [1.807, 2.05) is 18.2 Å². The maximum Gasteiger partial charge on any atom is 0.266 e. The minimum absolute atomic E-state index is 0.135. The minimum atomic E-state index is -3.19. The number of ether oxygens (including phenoxy) is 1. The number of piperazine rings is 1. The minimum Gasteiger partial charge on any atom is -0.478 e. The third-order valence-corrected chi connectivity index (χ3v) is 4.93. The van der Waals surface area contributed by atoms with Gasteiger partial charge in [0.05, 0.1) is 6.26 Å². The average Bonchev–Trinajstić information content (AvgIpc) is 2.46. The molecule has 1 amide bonds. The quantitative estimate of drug-likeness (QED) is 0.826. The summed E-state index contributed by atoms with van der Waals surface area (Å²) >= 11 is 0. The number of nitrogens with zero attached hydrogens (tertiary/aromatic N) is 2. The predicted molar refractivity (Wildman–Crippen MR) is 84.1 cm³/mol. The van der Waals surface area contributed by atoms with E-state index in [4.69, 9.17) is 4.74 Å². The summed E-state index contributed by atoms with van der Waals surface area (Å²) in [6.45, 7) is 4.87. The van der Waals surface area contributed by atoms with Gasteiger partial charge in [-0.3, -0.25) is 4.79 Å². The number of rotatable bonds is 4. The Morgan fingerprint density at radius 1 is 1.09 bits per heavy atom. The highest BCUT2D eigenvalue weighted by atomic mass is 32.2. The lowest BCUT2D eigenvalue weighted by atomic mass is 10.1. The second-order valence-corrected chi connectivity index (χ2v) is 7.86. The molecule has 122 valence electrons. The third kappa shape index (κ3) is 3.98. The van der Waals surface area contributed by atoms with E-state index < -0.39 is 15.6 Å². The van der Waals surface area contributed by atoms with Gasteiger partial charge in [-0.15, -0.1) is 0 Å². The fourth-order valence-electron chi connectivity index (χ4n) is 2.43. The van der Waals surface area contributed by atoms with Crippen molar-refractivity contribution in [1.82, 2.24) is 9.21 Å². The Hall–Kier alpha value is -1.60. The summed E-state index contributed by atoms with van der Waals surface area (Å²) in [5, 5.41) is 0. The zero-order valence-corrected chi connectivity index (χ0v) is 14.0. The van der Waals surface area contributed by atoms with E-state index in [1.165, 1.54) is 10.6 Å². The first-order valence-corrected chi connectivity index (χ1v) is 9.03. The molecule has 1 heterocycles. The molecule has 22 heavy (non-hydrogen) atoms. The second kappa shape index (κ2) is 6.26. The van der Waals surface area contributed by atoms with Crippen LogP contribution in [-0.2, 0) is 14.8 Å². The fraction of sp³-hybridized carbons (Fsp3) is 0.533. The molecular weight excluding hydrogens is 304 g/mol. The lowest BCUT2D eigenvalue weighted by molar-refractivity contribution is -0.146. The van der Waals surface area contributed by atoms with E-state index in [1.54, 1.807) is 30.9 Å². The number of sulfonamides is 1. The van der Waals surface area contributed by atoms with Crippen molar-refractivity contribution in [1.29, 1.82) is 0 Å². The summed E-state index contributed by atoms with van der Waals surface area (Å²) < 4.78 is 30.2. The number of benzene rings is 1. The Balaban J connectivity index is 1.99. The van der Waals surface area contributed by atoms with Crippen molar-refractivity contribution < 1.29 is 17.9 Å². The predicted octanol–water partition coefficient (Wildman–Crippen LogP) is 0.948. The summed E-state index contributed by atoms with van der Waals surface area (Å²) in [6, 6.07) is 9.18. The van der Waals surface area contributed by atoms with Gasteiger partial charge in [0.15, 0.2) is 5.60 Å². The van der Waals surface area contributed by atoms with E-state index in [2.05, 4.69) is 0 Å². The van der Waals surface area contributed by atoms with E-state index >= 15 is 0 Å². The van der Waals surface area contributed by atoms with Crippen LogP contribution in [0.1, 0.15) is 13.8 Å². The molecule has 7 heteroatoms. The largest absolute Gasteiger partial charge is 0.478 e. The van der Waals surface area contributed by atoms with Crippen molar-refractivity contribution in [2.75, 3.05) is 32.4 Å². The first-order chi connectivity index (χ1) is 10.2. The van der Waals surface area contributed by atoms with Crippen LogP contribution in [0.3, 0.4) is 0 Å². The van der Waals surface area contributed by atoms with E-state index in [9.17, 15) is 13.2 Å². The normalized spacial score (nSPS) is 17.3. The Morgan fingerprint density at radius 3 is 2.14 bits per heavy atom. The molecule has 1 aliphatic rings. The van der Waals surface area contributed by atoms with Crippen LogP contribution in [0.4, 0.5) is 0 Å². The van der Waals surface area contributed by atoms with Gasteiger partial charge in [-0.25, -0.2) is 8.42 Å². The standard InChI is InChI=1S/C15H22N2O4S/c1-15(2,21-13-7-5-4-6-8-13)14(18)16-9-11-17(12-10-16)22(3,19)20/h4-8H,9-12H2,1-3H3. The van der Waals surface area contributed by atoms with Gasteiger partial charge < -0.3 is 9.64 Å². The van der Waals surface area contributed by atoms with Gasteiger partial charge in [-0.1, -0.05) is 18.2 Å². The van der Waals surface area contributed by atoms with Gasteiger partial charge in [-0.05, 0) is 26.0 Å². The molecule has 2 rings (SSSR count). The highest BCUT2D eigenvalue weighted by Gasteiger charge is 2.36. The first-order valence-electron chi connectivity index (χ1n) is 7.19. The van der Waals surface area contributed by atoms with Crippen molar-refractivity contribution in [3.8, 4) is 5.75 Å². The van der Waals surface area contributed by atoms with Crippen LogP contribution in [0.15, 0.2) is 30.3 Å². The molecule has 0 radical (unpaired) electrons. The highest BCUT2D eigenvalue weighted by molar-refractivity contribution is 7.88. The zero-order valence-electron chi connectivity index (χ0n) is 13.2. The summed E-state index contributed by atoms with van der Waals surface area (Å²) in [5.74, 6) is 0.500. The smallest absolute Gasteiger partial charge is 0.266 e. The van der Waals surface area contributed by atoms with Crippen LogP contribution < -0.4 is 4.74 Å². The summed E-state index contributed by atoms with van der Waals surface area (Å²) in [5.41, 5.74) is -0.991. The lowest BCUT2D eigenvalue weighted by Gasteiger charge is -2.37. The summed E-state index contributed by atoms with van der Waals surface area (Å²) in [6.07, 6.45) is 1.19. The highest BCUT2D eigenvalue weighted by Crippen LogP contribution is 2.21. The molecule has 1 aromatic rings. The molecule has 0 unspecified atom stereocenters. The van der Waals surface area contributed by atoms with Gasteiger partial charge in [0.25, 0.3) is 5.91 Å². The monoisotopic (exact) mass is 326 g/mol. The summed E-state index contributed by atoms with van der Waals surface area (Å²) in [7, 11) is -3.19. The Kier molecular flexibility index (Phi) is 4.77. The lowest BCUT2D eigenvalue weighted by Crippen LogP contribution is -2.56. The third-order valence-electron chi connectivity index (χ3n) is 3.63. The van der Waals surface area contributed by atoms with E-state index in [-0.39, 0.29) is 5.91 Å². The molecule has 0 bridgehead atoms. The molecule has 0 aliphatic carbocycles. The number of amides is 1. The molecule has 1 aliphatic heterocycles. The van der Waals surface area contributed by atoms with Gasteiger partial charge >= 0.3 is 0 Å². The molecule has 1 aromatic carbocycles. The topological polar surface area (TPSA) is 66.9 Å². The first kappa shape index (κ1) is 16.8. The number of carbonyl (C=O) groups excluding carboxylic acids is 1. The Morgan fingerprint density at radius 2 is 1.64 bits per heavy atom.